The van der Waals surface area contributed by atoms with Crippen LogP contribution < -0.4 is 0 Å². The summed E-state index contributed by atoms with van der Waals surface area (Å²) in [5, 5.41) is 0. The van der Waals surface area contributed by atoms with Gasteiger partial charge in [0.25, 0.3) is 0 Å². The third kappa shape index (κ3) is 6.24. The van der Waals surface area contributed by atoms with Crippen molar-refractivity contribution in [3.63, 3.8) is 0 Å². The van der Waals surface area contributed by atoms with Gasteiger partial charge in [-0.25, -0.2) is 0 Å². The van der Waals surface area contributed by atoms with E-state index in [1.807, 2.05) is 57.8 Å². The standard InChI is InChI=1S/C21H31O3P/c1-20(2,3)24-25(5)23-18(17-12-8-6-9-13-17)16-19(22)21(4)14-10-7-11-15-21/h6,8-9,12-13,16H,7,10-11,14-15H2,1-5H3/b18-16-. The molecule has 138 valence electrons. The average Bonchev–Trinajstić information content (AvgIpc) is 2.54. The van der Waals surface area contributed by atoms with Crippen LogP contribution in [0.15, 0.2) is 36.4 Å². The zero-order valence-electron chi connectivity index (χ0n) is 16.2. The molecule has 1 aromatic rings. The van der Waals surface area contributed by atoms with Crippen molar-refractivity contribution in [2.24, 2.45) is 5.41 Å². The second-order valence-corrected chi connectivity index (χ2v) is 9.34. The third-order valence-corrected chi connectivity index (χ3v) is 5.76. The minimum Gasteiger partial charge on any atom is -0.447 e. The average molecular weight is 362 g/mol. The quantitative estimate of drug-likeness (QED) is 0.336. The second-order valence-electron chi connectivity index (χ2n) is 8.09. The number of rotatable bonds is 6. The van der Waals surface area contributed by atoms with Crippen molar-refractivity contribution in [3.05, 3.63) is 42.0 Å². The van der Waals surface area contributed by atoms with Crippen LogP contribution in [0.5, 0.6) is 0 Å². The number of carbonyl (C=O) groups excluding carboxylic acids is 1. The monoisotopic (exact) mass is 362 g/mol. The first-order valence-electron chi connectivity index (χ1n) is 9.12. The summed E-state index contributed by atoms with van der Waals surface area (Å²) in [4.78, 5) is 13.0. The minimum absolute atomic E-state index is 0.171. The van der Waals surface area contributed by atoms with Gasteiger partial charge in [0.2, 0.25) is 8.38 Å². The van der Waals surface area contributed by atoms with Crippen LogP contribution in [0.1, 0.15) is 65.4 Å². The third-order valence-electron chi connectivity index (χ3n) is 4.50. The molecule has 0 spiro atoms. The zero-order valence-corrected chi connectivity index (χ0v) is 17.1. The van der Waals surface area contributed by atoms with Gasteiger partial charge in [0.15, 0.2) is 5.78 Å². The lowest BCUT2D eigenvalue weighted by Gasteiger charge is -2.31. The van der Waals surface area contributed by atoms with E-state index in [-0.39, 0.29) is 16.8 Å². The Hall–Kier alpha value is -1.18. The molecule has 4 heteroatoms. The predicted molar refractivity (Wildman–Crippen MR) is 105 cm³/mol. The summed E-state index contributed by atoms with van der Waals surface area (Å²) in [7, 11) is -1.12. The largest absolute Gasteiger partial charge is 0.447 e. The highest BCUT2D eigenvalue weighted by atomic mass is 31.2. The maximum Gasteiger partial charge on any atom is 0.227 e. The van der Waals surface area contributed by atoms with Crippen LogP contribution in [0.4, 0.5) is 0 Å². The lowest BCUT2D eigenvalue weighted by atomic mass is 9.72. The van der Waals surface area contributed by atoms with Crippen molar-refractivity contribution in [1.29, 1.82) is 0 Å². The molecule has 1 aliphatic rings. The Morgan fingerprint density at radius 2 is 1.72 bits per heavy atom. The second kappa shape index (κ2) is 8.47. The van der Waals surface area contributed by atoms with E-state index in [1.165, 1.54) is 6.42 Å². The fourth-order valence-electron chi connectivity index (χ4n) is 3.18. The Balaban J connectivity index is 2.23. The minimum atomic E-state index is -1.12. The van der Waals surface area contributed by atoms with Crippen LogP contribution in [0.2, 0.25) is 0 Å². The fourth-order valence-corrected chi connectivity index (χ4v) is 4.42. The van der Waals surface area contributed by atoms with Gasteiger partial charge in [0.05, 0.1) is 5.60 Å². The maximum atomic E-state index is 13.0. The topological polar surface area (TPSA) is 35.5 Å². The van der Waals surface area contributed by atoms with E-state index in [1.54, 1.807) is 6.08 Å². The molecule has 0 bridgehead atoms. The van der Waals surface area contributed by atoms with Gasteiger partial charge in [-0.15, -0.1) is 0 Å². The van der Waals surface area contributed by atoms with Crippen LogP contribution in [0.3, 0.4) is 0 Å². The highest BCUT2D eigenvalue weighted by molar-refractivity contribution is 7.46. The van der Waals surface area contributed by atoms with Gasteiger partial charge in [-0.2, -0.15) is 0 Å². The van der Waals surface area contributed by atoms with Crippen LogP contribution in [0, 0.1) is 5.41 Å². The zero-order chi connectivity index (χ0) is 18.5. The van der Waals surface area contributed by atoms with Crippen molar-refractivity contribution in [2.75, 3.05) is 6.66 Å². The predicted octanol–water partition coefficient (Wildman–Crippen LogP) is 6.34. The van der Waals surface area contributed by atoms with E-state index in [4.69, 9.17) is 9.05 Å². The molecule has 0 heterocycles. The number of hydrogen-bond acceptors (Lipinski definition) is 3. The molecule has 1 fully saturated rings. The fraction of sp³-hybridized carbons (Fsp3) is 0.571. The molecule has 0 amide bonds. The molecule has 1 aromatic carbocycles. The maximum absolute atomic E-state index is 13.0. The molecule has 0 N–H and O–H groups in total. The molecule has 1 unspecified atom stereocenters. The lowest BCUT2D eigenvalue weighted by molar-refractivity contribution is -0.124. The van der Waals surface area contributed by atoms with Crippen LogP contribution in [0.25, 0.3) is 5.76 Å². The van der Waals surface area contributed by atoms with E-state index in [9.17, 15) is 4.79 Å². The smallest absolute Gasteiger partial charge is 0.227 e. The molecule has 1 aliphatic carbocycles. The normalized spacial score (nSPS) is 19.3. The highest BCUT2D eigenvalue weighted by Gasteiger charge is 2.33. The Kier molecular flexibility index (Phi) is 6.82. The molecule has 0 saturated heterocycles. The SMILES string of the molecule is CP(O/C(=C\C(=O)C1(C)CCCCC1)c1ccccc1)OC(C)(C)C. The summed E-state index contributed by atoms with van der Waals surface area (Å²) in [6.07, 6.45) is 7.11. The van der Waals surface area contributed by atoms with Gasteiger partial charge >= 0.3 is 0 Å². The summed E-state index contributed by atoms with van der Waals surface area (Å²) in [6, 6.07) is 9.83. The molecule has 0 aromatic heterocycles. The van der Waals surface area contributed by atoms with Gasteiger partial charge in [0, 0.05) is 23.7 Å². The van der Waals surface area contributed by atoms with Crippen molar-refractivity contribution >= 4 is 19.9 Å². The molecule has 1 saturated carbocycles. The lowest BCUT2D eigenvalue weighted by Crippen LogP contribution is -2.29. The van der Waals surface area contributed by atoms with Crippen molar-refractivity contribution in [3.8, 4) is 0 Å². The number of allylic oxidation sites excluding steroid dienone is 1. The summed E-state index contributed by atoms with van der Waals surface area (Å²) in [5.41, 5.74) is 0.382. The Labute approximate surface area is 153 Å². The van der Waals surface area contributed by atoms with Gasteiger partial charge in [-0.1, -0.05) is 56.5 Å². The summed E-state index contributed by atoms with van der Waals surface area (Å²) in [5.74, 6) is 0.792. The van der Waals surface area contributed by atoms with Crippen LogP contribution in [-0.4, -0.2) is 18.0 Å². The van der Waals surface area contributed by atoms with E-state index in [0.29, 0.717) is 5.76 Å². The molecule has 25 heavy (non-hydrogen) atoms. The van der Waals surface area contributed by atoms with Gasteiger partial charge in [-0.3, -0.25) is 4.79 Å². The Bertz CT molecular complexity index is 595. The molecule has 1 atom stereocenters. The first-order chi connectivity index (χ1) is 11.7. The molecule has 2 rings (SSSR count). The number of ketones is 1. The number of carbonyl (C=O) groups is 1. The number of benzene rings is 1. The summed E-state index contributed by atoms with van der Waals surface area (Å²) in [6.45, 7) is 10.1. The van der Waals surface area contributed by atoms with Gasteiger partial charge in [-0.05, 0) is 33.6 Å². The van der Waals surface area contributed by atoms with Crippen molar-refractivity contribution in [2.45, 2.75) is 65.4 Å². The Morgan fingerprint density at radius 3 is 2.28 bits per heavy atom. The van der Waals surface area contributed by atoms with E-state index in [2.05, 4.69) is 6.92 Å². The Morgan fingerprint density at radius 1 is 1.12 bits per heavy atom. The van der Waals surface area contributed by atoms with Gasteiger partial charge in [0.1, 0.15) is 5.76 Å². The first-order valence-corrected chi connectivity index (χ1v) is 10.7. The van der Waals surface area contributed by atoms with Crippen LogP contribution >= 0.6 is 8.38 Å². The summed E-state index contributed by atoms with van der Waals surface area (Å²) >= 11 is 0. The van der Waals surface area contributed by atoms with E-state index < -0.39 is 8.38 Å². The molecule has 3 nitrogen and oxygen atoms in total. The van der Waals surface area contributed by atoms with E-state index >= 15 is 0 Å². The van der Waals surface area contributed by atoms with E-state index in [0.717, 1.165) is 31.2 Å². The van der Waals surface area contributed by atoms with Gasteiger partial charge < -0.3 is 9.05 Å². The van der Waals surface area contributed by atoms with Crippen LogP contribution in [-0.2, 0) is 13.8 Å². The summed E-state index contributed by atoms with van der Waals surface area (Å²) < 4.78 is 12.0. The van der Waals surface area contributed by atoms with Crippen molar-refractivity contribution < 1.29 is 13.8 Å². The highest BCUT2D eigenvalue weighted by Crippen LogP contribution is 2.44. The number of hydrogen-bond donors (Lipinski definition) is 0. The molecular weight excluding hydrogens is 331 g/mol. The first kappa shape index (κ1) is 20.1. The molecular formula is C21H31O3P. The molecule has 0 aliphatic heterocycles. The molecule has 0 radical (unpaired) electrons. The van der Waals surface area contributed by atoms with Crippen molar-refractivity contribution in [1.82, 2.24) is 0 Å².